The molecule has 0 aliphatic carbocycles. The molecule has 23 heavy (non-hydrogen) atoms. The van der Waals surface area contributed by atoms with Crippen molar-refractivity contribution in [1.82, 2.24) is 19.6 Å². The van der Waals surface area contributed by atoms with Gasteiger partial charge >= 0.3 is 6.09 Å². The molecular weight excluding hydrogens is 296 g/mol. The summed E-state index contributed by atoms with van der Waals surface area (Å²) >= 11 is 0. The van der Waals surface area contributed by atoms with Crippen LogP contribution in [-0.4, -0.2) is 45.6 Å². The van der Waals surface area contributed by atoms with Gasteiger partial charge in [0.15, 0.2) is 0 Å². The fourth-order valence-electron chi connectivity index (χ4n) is 3.31. The van der Waals surface area contributed by atoms with Crippen LogP contribution in [0.5, 0.6) is 0 Å². The monoisotopic (exact) mass is 314 g/mol. The van der Waals surface area contributed by atoms with Crippen LogP contribution in [0, 0.1) is 0 Å². The lowest BCUT2D eigenvalue weighted by Gasteiger charge is -2.36. The maximum absolute atomic E-state index is 12.1. The molecule has 2 aromatic rings. The number of hydrogen-bond donors (Lipinski definition) is 1. The first-order valence-corrected chi connectivity index (χ1v) is 7.80. The predicted octanol–water partition coefficient (Wildman–Crippen LogP) is 0.769. The minimum atomic E-state index is -0.343. The zero-order valence-corrected chi connectivity index (χ0v) is 12.7. The zero-order valence-electron chi connectivity index (χ0n) is 12.7. The SMILES string of the molecule is O=C1NCC2(CCN(Cc3cc(=O)n4ccccc4n3)CC2)O1. The normalized spacial score (nSPS) is 20.6. The van der Waals surface area contributed by atoms with Crippen LogP contribution in [-0.2, 0) is 11.3 Å². The second-order valence-electron chi connectivity index (χ2n) is 6.22. The van der Waals surface area contributed by atoms with E-state index >= 15 is 0 Å². The number of aromatic nitrogens is 2. The Morgan fingerprint density at radius 2 is 2.09 bits per heavy atom. The summed E-state index contributed by atoms with van der Waals surface area (Å²) in [6.07, 6.45) is 3.01. The molecule has 2 fully saturated rings. The van der Waals surface area contributed by atoms with Gasteiger partial charge in [-0.15, -0.1) is 0 Å². The number of carbonyl (C=O) groups is 1. The molecule has 4 rings (SSSR count). The number of ether oxygens (including phenoxy) is 1. The highest BCUT2D eigenvalue weighted by Crippen LogP contribution is 2.29. The molecular formula is C16H18N4O3. The van der Waals surface area contributed by atoms with E-state index in [2.05, 4.69) is 15.2 Å². The number of hydrogen-bond acceptors (Lipinski definition) is 5. The van der Waals surface area contributed by atoms with Crippen LogP contribution >= 0.6 is 0 Å². The lowest BCUT2D eigenvalue weighted by atomic mass is 9.91. The zero-order chi connectivity index (χ0) is 15.9. The van der Waals surface area contributed by atoms with Crippen LogP contribution in [0.2, 0.25) is 0 Å². The van der Waals surface area contributed by atoms with Crippen molar-refractivity contribution in [3.63, 3.8) is 0 Å². The Kier molecular flexibility index (Phi) is 3.30. The molecule has 2 aliphatic heterocycles. The summed E-state index contributed by atoms with van der Waals surface area (Å²) in [5, 5.41) is 2.74. The summed E-state index contributed by atoms with van der Waals surface area (Å²) in [6.45, 7) is 2.88. The quantitative estimate of drug-likeness (QED) is 0.886. The van der Waals surface area contributed by atoms with Gasteiger partial charge in [-0.05, 0) is 12.1 Å². The second-order valence-corrected chi connectivity index (χ2v) is 6.22. The minimum absolute atomic E-state index is 0.0620. The van der Waals surface area contributed by atoms with Gasteiger partial charge in [0.1, 0.15) is 11.2 Å². The van der Waals surface area contributed by atoms with Gasteiger partial charge in [0, 0.05) is 44.7 Å². The second kappa shape index (κ2) is 5.34. The molecule has 0 bridgehead atoms. The van der Waals surface area contributed by atoms with Crippen LogP contribution in [0.4, 0.5) is 4.79 Å². The number of amides is 1. The summed E-state index contributed by atoms with van der Waals surface area (Å²) in [5.41, 5.74) is 1.04. The molecule has 0 unspecified atom stereocenters. The van der Waals surface area contributed by atoms with Crippen LogP contribution in [0.15, 0.2) is 35.3 Å². The molecule has 1 amide bonds. The lowest BCUT2D eigenvalue weighted by Crippen LogP contribution is -2.46. The fraction of sp³-hybridized carbons (Fsp3) is 0.438. The minimum Gasteiger partial charge on any atom is -0.441 e. The molecule has 0 atom stereocenters. The highest BCUT2D eigenvalue weighted by Gasteiger charge is 2.42. The van der Waals surface area contributed by atoms with Gasteiger partial charge in [-0.25, -0.2) is 9.78 Å². The molecule has 7 heteroatoms. The molecule has 0 aromatic carbocycles. The van der Waals surface area contributed by atoms with Crippen molar-refractivity contribution >= 4 is 11.7 Å². The Morgan fingerprint density at radius 1 is 1.26 bits per heavy atom. The van der Waals surface area contributed by atoms with E-state index in [0.717, 1.165) is 31.6 Å². The van der Waals surface area contributed by atoms with Crippen molar-refractivity contribution < 1.29 is 9.53 Å². The topological polar surface area (TPSA) is 75.9 Å². The molecule has 4 heterocycles. The van der Waals surface area contributed by atoms with Crippen molar-refractivity contribution in [2.24, 2.45) is 0 Å². The Balaban J connectivity index is 1.47. The molecule has 2 saturated heterocycles. The van der Waals surface area contributed by atoms with E-state index < -0.39 is 0 Å². The first kappa shape index (κ1) is 14.2. The molecule has 7 nitrogen and oxygen atoms in total. The molecule has 0 radical (unpaired) electrons. The molecule has 1 N–H and O–H groups in total. The van der Waals surface area contributed by atoms with Gasteiger partial charge in [0.25, 0.3) is 5.56 Å². The standard InChI is InChI=1S/C16H18N4O3/c21-14-9-12(18-13-3-1-2-6-20(13)14)10-19-7-4-16(5-8-19)11-17-15(22)23-16/h1-3,6,9H,4-5,7-8,10-11H2,(H,17,22). The molecule has 0 saturated carbocycles. The third kappa shape index (κ3) is 2.68. The maximum Gasteiger partial charge on any atom is 0.407 e. The van der Waals surface area contributed by atoms with Crippen LogP contribution in [0.3, 0.4) is 0 Å². The summed E-state index contributed by atoms with van der Waals surface area (Å²) in [7, 11) is 0. The highest BCUT2D eigenvalue weighted by atomic mass is 16.6. The van der Waals surface area contributed by atoms with E-state index in [1.807, 2.05) is 18.2 Å². The Bertz CT molecular complexity index is 808. The molecule has 120 valence electrons. The van der Waals surface area contributed by atoms with Gasteiger partial charge in [-0.1, -0.05) is 6.07 Å². The van der Waals surface area contributed by atoms with Crippen LogP contribution in [0.25, 0.3) is 5.65 Å². The first-order valence-electron chi connectivity index (χ1n) is 7.80. The number of fused-ring (bicyclic) bond motifs is 1. The van der Waals surface area contributed by atoms with E-state index in [9.17, 15) is 9.59 Å². The van der Waals surface area contributed by atoms with Gasteiger partial charge in [0.2, 0.25) is 0 Å². The highest BCUT2D eigenvalue weighted by molar-refractivity contribution is 5.70. The van der Waals surface area contributed by atoms with Crippen molar-refractivity contribution in [1.29, 1.82) is 0 Å². The molecule has 2 aromatic heterocycles. The Labute approximate surface area is 132 Å². The number of pyridine rings is 1. The lowest BCUT2D eigenvalue weighted by molar-refractivity contribution is -0.00128. The molecule has 2 aliphatic rings. The summed E-state index contributed by atoms with van der Waals surface area (Å²) in [5.74, 6) is 0. The third-order valence-electron chi connectivity index (χ3n) is 4.64. The number of nitrogens with zero attached hydrogens (tertiary/aromatic N) is 3. The molecule has 1 spiro atoms. The number of likely N-dealkylation sites (tertiary alicyclic amines) is 1. The van der Waals surface area contributed by atoms with Crippen LogP contribution in [0.1, 0.15) is 18.5 Å². The Hall–Kier alpha value is -2.41. The van der Waals surface area contributed by atoms with Crippen LogP contribution < -0.4 is 10.9 Å². The fourth-order valence-corrected chi connectivity index (χ4v) is 3.31. The first-order chi connectivity index (χ1) is 11.1. The van der Waals surface area contributed by atoms with Gasteiger partial charge in [0.05, 0.1) is 12.2 Å². The Morgan fingerprint density at radius 3 is 2.83 bits per heavy atom. The van der Waals surface area contributed by atoms with Crippen molar-refractivity contribution in [2.75, 3.05) is 19.6 Å². The van der Waals surface area contributed by atoms with Gasteiger partial charge < -0.3 is 10.1 Å². The summed E-state index contributed by atoms with van der Waals surface area (Å²) < 4.78 is 6.96. The van der Waals surface area contributed by atoms with E-state index in [1.165, 1.54) is 0 Å². The predicted molar refractivity (Wildman–Crippen MR) is 83.2 cm³/mol. The van der Waals surface area contributed by atoms with Crippen molar-refractivity contribution in [3.05, 3.63) is 46.5 Å². The van der Waals surface area contributed by atoms with Gasteiger partial charge in [-0.3, -0.25) is 14.1 Å². The van der Waals surface area contributed by atoms with Crippen molar-refractivity contribution in [3.8, 4) is 0 Å². The largest absolute Gasteiger partial charge is 0.441 e. The number of carbonyl (C=O) groups excluding carboxylic acids is 1. The van der Waals surface area contributed by atoms with E-state index in [-0.39, 0.29) is 17.3 Å². The maximum atomic E-state index is 12.1. The average molecular weight is 314 g/mol. The third-order valence-corrected chi connectivity index (χ3v) is 4.64. The summed E-state index contributed by atoms with van der Waals surface area (Å²) in [6, 6.07) is 7.11. The van der Waals surface area contributed by atoms with E-state index in [1.54, 1.807) is 16.7 Å². The smallest absolute Gasteiger partial charge is 0.407 e. The number of piperidine rings is 1. The van der Waals surface area contributed by atoms with Crippen molar-refractivity contribution in [2.45, 2.75) is 25.0 Å². The van der Waals surface area contributed by atoms with Gasteiger partial charge in [-0.2, -0.15) is 0 Å². The number of nitrogens with one attached hydrogen (secondary N) is 1. The van der Waals surface area contributed by atoms with E-state index in [0.29, 0.717) is 18.7 Å². The van der Waals surface area contributed by atoms with E-state index in [4.69, 9.17) is 4.74 Å². The number of alkyl carbamates (subject to hydrolysis) is 1. The average Bonchev–Trinajstić information content (AvgIpc) is 2.91. The number of rotatable bonds is 2. The summed E-state index contributed by atoms with van der Waals surface area (Å²) in [4.78, 5) is 30.2.